The van der Waals surface area contributed by atoms with E-state index in [1.807, 2.05) is 6.07 Å². The highest BCUT2D eigenvalue weighted by Gasteiger charge is 2.16. The first-order valence-corrected chi connectivity index (χ1v) is 6.85. The van der Waals surface area contributed by atoms with E-state index in [2.05, 4.69) is 39.7 Å². The minimum absolute atomic E-state index is 0.113. The van der Waals surface area contributed by atoms with Gasteiger partial charge in [0.25, 0.3) is 0 Å². The SMILES string of the molecule is CCCNC(c1cc(OC)ncn1)c1cccs1. The quantitative estimate of drug-likeness (QED) is 0.870. The predicted molar refractivity (Wildman–Crippen MR) is 73.0 cm³/mol. The molecule has 4 nitrogen and oxygen atoms in total. The molecule has 1 atom stereocenters. The molecule has 1 N–H and O–H groups in total. The first-order chi connectivity index (χ1) is 8.85. The Morgan fingerprint density at radius 2 is 2.33 bits per heavy atom. The zero-order valence-electron chi connectivity index (χ0n) is 10.6. The van der Waals surface area contributed by atoms with E-state index in [-0.39, 0.29) is 6.04 Å². The summed E-state index contributed by atoms with van der Waals surface area (Å²) >= 11 is 1.73. The molecule has 0 saturated carbocycles. The van der Waals surface area contributed by atoms with Crippen molar-refractivity contribution in [3.05, 3.63) is 40.5 Å². The summed E-state index contributed by atoms with van der Waals surface area (Å²) in [7, 11) is 1.62. The van der Waals surface area contributed by atoms with E-state index in [9.17, 15) is 0 Å². The molecule has 18 heavy (non-hydrogen) atoms. The van der Waals surface area contributed by atoms with Gasteiger partial charge in [-0.2, -0.15) is 0 Å². The van der Waals surface area contributed by atoms with E-state index in [4.69, 9.17) is 4.74 Å². The van der Waals surface area contributed by atoms with E-state index in [0.29, 0.717) is 5.88 Å². The molecule has 0 aliphatic rings. The maximum Gasteiger partial charge on any atom is 0.216 e. The number of ether oxygens (including phenoxy) is 1. The normalized spacial score (nSPS) is 12.3. The van der Waals surface area contributed by atoms with Crippen LogP contribution < -0.4 is 10.1 Å². The summed E-state index contributed by atoms with van der Waals surface area (Å²) in [6.07, 6.45) is 2.63. The Balaban J connectivity index is 2.27. The average molecular weight is 263 g/mol. The van der Waals surface area contributed by atoms with Crippen LogP contribution in [0, 0.1) is 0 Å². The van der Waals surface area contributed by atoms with Crippen LogP contribution >= 0.6 is 11.3 Å². The lowest BCUT2D eigenvalue weighted by Gasteiger charge is -2.16. The third-order valence-corrected chi connectivity index (χ3v) is 3.53. The van der Waals surface area contributed by atoms with Gasteiger partial charge in [0.15, 0.2) is 0 Å². The highest BCUT2D eigenvalue weighted by Crippen LogP contribution is 2.25. The number of hydrogen-bond acceptors (Lipinski definition) is 5. The van der Waals surface area contributed by atoms with Gasteiger partial charge in [-0.25, -0.2) is 9.97 Å². The topological polar surface area (TPSA) is 47.0 Å². The van der Waals surface area contributed by atoms with Gasteiger partial charge < -0.3 is 10.1 Å². The standard InChI is InChI=1S/C13H17N3OS/c1-3-6-14-13(11-5-4-7-18-11)10-8-12(17-2)16-9-15-10/h4-5,7-9,13-14H,3,6H2,1-2H3. The first-order valence-electron chi connectivity index (χ1n) is 5.98. The molecule has 0 aliphatic heterocycles. The van der Waals surface area contributed by atoms with Gasteiger partial charge in [-0.15, -0.1) is 11.3 Å². The monoisotopic (exact) mass is 263 g/mol. The zero-order valence-corrected chi connectivity index (χ0v) is 11.4. The van der Waals surface area contributed by atoms with Crippen molar-refractivity contribution in [1.82, 2.24) is 15.3 Å². The molecule has 0 radical (unpaired) electrons. The average Bonchev–Trinajstić information content (AvgIpc) is 2.93. The Bertz CT molecular complexity index is 473. The molecule has 5 heteroatoms. The molecule has 0 bridgehead atoms. The van der Waals surface area contributed by atoms with Crippen molar-refractivity contribution in [3.8, 4) is 5.88 Å². The van der Waals surface area contributed by atoms with Crippen molar-refractivity contribution in [2.75, 3.05) is 13.7 Å². The number of hydrogen-bond donors (Lipinski definition) is 1. The maximum atomic E-state index is 5.15. The van der Waals surface area contributed by atoms with Gasteiger partial charge >= 0.3 is 0 Å². The molecular formula is C13H17N3OS. The first kappa shape index (κ1) is 13.0. The van der Waals surface area contributed by atoms with Gasteiger partial charge in [0.1, 0.15) is 6.33 Å². The van der Waals surface area contributed by atoms with Crippen LogP contribution in [0.25, 0.3) is 0 Å². The number of nitrogens with zero attached hydrogens (tertiary/aromatic N) is 2. The maximum absolute atomic E-state index is 5.15. The van der Waals surface area contributed by atoms with Crippen molar-refractivity contribution in [1.29, 1.82) is 0 Å². The second kappa shape index (κ2) is 6.47. The van der Waals surface area contributed by atoms with Crippen LogP contribution in [0.15, 0.2) is 29.9 Å². The highest BCUT2D eigenvalue weighted by atomic mass is 32.1. The fraction of sp³-hybridized carbons (Fsp3) is 0.385. The predicted octanol–water partition coefficient (Wildman–Crippen LogP) is 2.64. The molecule has 0 saturated heterocycles. The summed E-state index contributed by atoms with van der Waals surface area (Å²) in [5.41, 5.74) is 0.942. The van der Waals surface area contributed by atoms with Crippen LogP contribution in [0.4, 0.5) is 0 Å². The van der Waals surface area contributed by atoms with Crippen LogP contribution in [-0.4, -0.2) is 23.6 Å². The number of aromatic nitrogens is 2. The third kappa shape index (κ3) is 3.05. The zero-order chi connectivity index (χ0) is 12.8. The van der Waals surface area contributed by atoms with Crippen LogP contribution in [0.3, 0.4) is 0 Å². The fourth-order valence-electron chi connectivity index (χ4n) is 1.72. The molecule has 0 spiro atoms. The Hall–Kier alpha value is -1.46. The molecule has 1 unspecified atom stereocenters. The molecule has 2 aromatic rings. The molecule has 0 amide bonds. The van der Waals surface area contributed by atoms with E-state index in [1.54, 1.807) is 24.8 Å². The van der Waals surface area contributed by atoms with E-state index in [1.165, 1.54) is 4.88 Å². The number of thiophene rings is 1. The lowest BCUT2D eigenvalue weighted by Crippen LogP contribution is -2.23. The van der Waals surface area contributed by atoms with Crippen molar-refractivity contribution in [2.24, 2.45) is 0 Å². The van der Waals surface area contributed by atoms with Gasteiger partial charge in [0.05, 0.1) is 18.8 Å². The minimum Gasteiger partial charge on any atom is -0.481 e. The molecule has 0 aliphatic carbocycles. The van der Waals surface area contributed by atoms with Gasteiger partial charge in [0.2, 0.25) is 5.88 Å². The highest BCUT2D eigenvalue weighted by molar-refractivity contribution is 7.10. The summed E-state index contributed by atoms with van der Waals surface area (Å²) < 4.78 is 5.15. The lowest BCUT2D eigenvalue weighted by molar-refractivity contribution is 0.395. The van der Waals surface area contributed by atoms with Gasteiger partial charge in [0, 0.05) is 10.9 Å². The number of methoxy groups -OCH3 is 1. The van der Waals surface area contributed by atoms with E-state index < -0.39 is 0 Å². The molecule has 2 rings (SSSR count). The molecule has 2 heterocycles. The van der Waals surface area contributed by atoms with Crippen molar-refractivity contribution in [2.45, 2.75) is 19.4 Å². The minimum atomic E-state index is 0.113. The van der Waals surface area contributed by atoms with Crippen molar-refractivity contribution < 1.29 is 4.74 Å². The largest absolute Gasteiger partial charge is 0.481 e. The van der Waals surface area contributed by atoms with Crippen LogP contribution in [0.5, 0.6) is 5.88 Å². The number of rotatable bonds is 6. The second-order valence-corrected chi connectivity index (χ2v) is 4.87. The Kier molecular flexibility index (Phi) is 4.66. The van der Waals surface area contributed by atoms with Crippen molar-refractivity contribution >= 4 is 11.3 Å². The Labute approximate surface area is 111 Å². The second-order valence-electron chi connectivity index (χ2n) is 3.89. The van der Waals surface area contributed by atoms with Gasteiger partial charge in [-0.3, -0.25) is 0 Å². The third-order valence-electron chi connectivity index (χ3n) is 2.59. The molecule has 2 aromatic heterocycles. The lowest BCUT2D eigenvalue weighted by atomic mass is 10.1. The van der Waals surface area contributed by atoms with E-state index in [0.717, 1.165) is 18.7 Å². The van der Waals surface area contributed by atoms with Gasteiger partial charge in [-0.05, 0) is 24.4 Å². The molecule has 0 fully saturated rings. The Morgan fingerprint density at radius 3 is 3.00 bits per heavy atom. The van der Waals surface area contributed by atoms with Crippen LogP contribution in [0.1, 0.15) is 30.0 Å². The summed E-state index contributed by atoms with van der Waals surface area (Å²) in [6, 6.07) is 6.17. The smallest absolute Gasteiger partial charge is 0.216 e. The summed E-state index contributed by atoms with van der Waals surface area (Å²) in [6.45, 7) is 3.11. The van der Waals surface area contributed by atoms with E-state index >= 15 is 0 Å². The Morgan fingerprint density at radius 1 is 1.44 bits per heavy atom. The van der Waals surface area contributed by atoms with Gasteiger partial charge in [-0.1, -0.05) is 13.0 Å². The number of nitrogens with one attached hydrogen (secondary N) is 1. The summed E-state index contributed by atoms with van der Waals surface area (Å²) in [4.78, 5) is 9.65. The summed E-state index contributed by atoms with van der Waals surface area (Å²) in [5.74, 6) is 0.597. The fourth-order valence-corrected chi connectivity index (χ4v) is 2.53. The summed E-state index contributed by atoms with van der Waals surface area (Å²) in [5, 5.41) is 5.58. The van der Waals surface area contributed by atoms with Crippen molar-refractivity contribution in [3.63, 3.8) is 0 Å². The molecular weight excluding hydrogens is 246 g/mol. The molecule has 96 valence electrons. The molecule has 0 aromatic carbocycles. The van der Waals surface area contributed by atoms with Crippen LogP contribution in [0.2, 0.25) is 0 Å². The van der Waals surface area contributed by atoms with Crippen LogP contribution in [-0.2, 0) is 0 Å².